The van der Waals surface area contributed by atoms with Gasteiger partial charge < -0.3 is 19.5 Å². The highest BCUT2D eigenvalue weighted by molar-refractivity contribution is 6.08. The fourth-order valence-electron chi connectivity index (χ4n) is 5.32. The van der Waals surface area contributed by atoms with E-state index < -0.39 is 0 Å². The van der Waals surface area contributed by atoms with Crippen molar-refractivity contribution in [2.24, 2.45) is 0 Å². The van der Waals surface area contributed by atoms with Crippen LogP contribution in [-0.4, -0.2) is 34.9 Å². The largest absolute Gasteiger partial charge is 0.460 e. The van der Waals surface area contributed by atoms with Crippen molar-refractivity contribution in [2.45, 2.75) is 39.5 Å². The Morgan fingerprint density at radius 1 is 0.591 bits per heavy atom. The predicted octanol–water partition coefficient (Wildman–Crippen LogP) is 7.64. The number of furan rings is 2. The average Bonchev–Trinajstić information content (AvgIpc) is 3.69. The summed E-state index contributed by atoms with van der Waals surface area (Å²) in [6.45, 7) is 4.89. The molecule has 0 spiro atoms. The zero-order chi connectivity index (χ0) is 30.5. The first-order chi connectivity index (χ1) is 21.5. The number of hydrogen-bond donors (Lipinski definition) is 2. The second-order valence-electron chi connectivity index (χ2n) is 10.9. The summed E-state index contributed by atoms with van der Waals surface area (Å²) in [5.74, 6) is 2.60. The van der Waals surface area contributed by atoms with E-state index in [1.165, 1.54) is 0 Å². The molecule has 44 heavy (non-hydrogen) atoms. The number of aromatic nitrogens is 2. The van der Waals surface area contributed by atoms with Crippen LogP contribution in [0.15, 0.2) is 93.8 Å². The summed E-state index contributed by atoms with van der Waals surface area (Å²) in [5.41, 5.74) is 3.93. The molecule has 6 rings (SSSR count). The fraction of sp³-hybridized carbons (Fsp3) is 0.222. The summed E-state index contributed by atoms with van der Waals surface area (Å²) in [4.78, 5) is 35.7. The topological polar surface area (TPSA) is 110 Å². The highest BCUT2D eigenvalue weighted by Crippen LogP contribution is 2.27. The van der Waals surface area contributed by atoms with E-state index >= 15 is 0 Å². The molecule has 4 aromatic heterocycles. The molecule has 8 nitrogen and oxygen atoms in total. The first kappa shape index (κ1) is 28.9. The molecule has 0 bridgehead atoms. The highest BCUT2D eigenvalue weighted by Gasteiger charge is 2.16. The molecule has 4 heterocycles. The van der Waals surface area contributed by atoms with E-state index in [1.807, 2.05) is 86.6 Å². The second kappa shape index (κ2) is 13.0. The Balaban J connectivity index is 0.994. The summed E-state index contributed by atoms with van der Waals surface area (Å²) in [6.07, 6.45) is 3.55. The summed E-state index contributed by atoms with van der Waals surface area (Å²) in [6, 6.07) is 26.4. The van der Waals surface area contributed by atoms with Crippen LogP contribution in [0.25, 0.3) is 44.7 Å². The van der Waals surface area contributed by atoms with E-state index in [9.17, 15) is 9.59 Å². The maximum absolute atomic E-state index is 13.2. The van der Waals surface area contributed by atoms with Gasteiger partial charge in [-0.1, -0.05) is 49.2 Å². The normalized spacial score (nSPS) is 11.2. The van der Waals surface area contributed by atoms with Gasteiger partial charge in [0.1, 0.15) is 22.9 Å². The number of hydrogen-bond acceptors (Lipinski definition) is 6. The van der Waals surface area contributed by atoms with Gasteiger partial charge in [-0.2, -0.15) is 0 Å². The van der Waals surface area contributed by atoms with Crippen LogP contribution in [0.5, 0.6) is 0 Å². The minimum Gasteiger partial charge on any atom is -0.460 e. The van der Waals surface area contributed by atoms with Crippen LogP contribution in [0, 0.1) is 13.8 Å². The Labute approximate surface area is 255 Å². The molecule has 2 aromatic carbocycles. The summed E-state index contributed by atoms with van der Waals surface area (Å²) in [5, 5.41) is 7.74. The Morgan fingerprint density at radius 2 is 1.02 bits per heavy atom. The van der Waals surface area contributed by atoms with Gasteiger partial charge >= 0.3 is 0 Å². The second-order valence-corrected chi connectivity index (χ2v) is 10.9. The number of carbonyl (C=O) groups excluding carboxylic acids is 2. The van der Waals surface area contributed by atoms with Gasteiger partial charge in [0.05, 0.1) is 22.2 Å². The number of rotatable bonds is 11. The van der Waals surface area contributed by atoms with Gasteiger partial charge in [-0.25, -0.2) is 9.97 Å². The number of aryl methyl sites for hydroxylation is 2. The lowest BCUT2D eigenvalue weighted by Gasteiger charge is -2.11. The first-order valence-electron chi connectivity index (χ1n) is 15.0. The Bertz CT molecular complexity index is 1810. The predicted molar refractivity (Wildman–Crippen MR) is 171 cm³/mol. The molecule has 0 radical (unpaired) electrons. The van der Waals surface area contributed by atoms with Crippen LogP contribution in [0.3, 0.4) is 0 Å². The van der Waals surface area contributed by atoms with E-state index in [1.54, 1.807) is 12.1 Å². The van der Waals surface area contributed by atoms with Crippen LogP contribution in [0.4, 0.5) is 0 Å². The van der Waals surface area contributed by atoms with Gasteiger partial charge in [-0.3, -0.25) is 9.59 Å². The number of unbranched alkanes of at least 4 members (excludes halogenated alkanes) is 3. The van der Waals surface area contributed by atoms with Crippen LogP contribution in [-0.2, 0) is 0 Å². The quantitative estimate of drug-likeness (QED) is 0.151. The number of carbonyl (C=O) groups is 2. The monoisotopic (exact) mass is 586 g/mol. The van der Waals surface area contributed by atoms with Crippen LogP contribution in [0.2, 0.25) is 0 Å². The van der Waals surface area contributed by atoms with Crippen molar-refractivity contribution in [3.8, 4) is 22.9 Å². The van der Waals surface area contributed by atoms with Gasteiger partial charge in [0.15, 0.2) is 11.5 Å². The van der Waals surface area contributed by atoms with Crippen LogP contribution in [0.1, 0.15) is 57.9 Å². The van der Waals surface area contributed by atoms with Crippen molar-refractivity contribution in [1.29, 1.82) is 0 Å². The number of amides is 2. The molecule has 222 valence electrons. The molecule has 0 aliphatic rings. The molecule has 0 atom stereocenters. The van der Waals surface area contributed by atoms with Crippen molar-refractivity contribution in [1.82, 2.24) is 20.6 Å². The molecule has 0 saturated heterocycles. The third-order valence-corrected chi connectivity index (χ3v) is 7.58. The van der Waals surface area contributed by atoms with E-state index in [-0.39, 0.29) is 11.8 Å². The number of para-hydroxylation sites is 2. The van der Waals surface area contributed by atoms with Gasteiger partial charge in [-0.15, -0.1) is 0 Å². The lowest BCUT2D eigenvalue weighted by molar-refractivity contribution is 0.0945. The first-order valence-corrected chi connectivity index (χ1v) is 15.0. The molecule has 6 aromatic rings. The Kier molecular flexibility index (Phi) is 8.50. The summed E-state index contributed by atoms with van der Waals surface area (Å²) < 4.78 is 11.5. The van der Waals surface area contributed by atoms with Gasteiger partial charge in [0.25, 0.3) is 11.8 Å². The number of benzene rings is 2. The van der Waals surface area contributed by atoms with Crippen molar-refractivity contribution in [3.63, 3.8) is 0 Å². The van der Waals surface area contributed by atoms with Crippen LogP contribution >= 0.6 is 0 Å². The number of fused-ring (bicyclic) bond motifs is 2. The average molecular weight is 587 g/mol. The van der Waals surface area contributed by atoms with Gasteiger partial charge in [0.2, 0.25) is 0 Å². The van der Waals surface area contributed by atoms with Crippen molar-refractivity contribution in [3.05, 3.63) is 108 Å². The lowest BCUT2D eigenvalue weighted by atomic mass is 10.1. The highest BCUT2D eigenvalue weighted by atomic mass is 16.3. The third-order valence-electron chi connectivity index (χ3n) is 7.58. The van der Waals surface area contributed by atoms with E-state index in [0.717, 1.165) is 59.0 Å². The summed E-state index contributed by atoms with van der Waals surface area (Å²) in [7, 11) is 0. The molecular weight excluding hydrogens is 552 g/mol. The molecule has 0 aliphatic heterocycles. The Hall–Kier alpha value is -5.24. The van der Waals surface area contributed by atoms with E-state index in [0.29, 0.717) is 47.1 Å². The van der Waals surface area contributed by atoms with Crippen molar-refractivity contribution in [2.75, 3.05) is 13.1 Å². The number of pyridine rings is 2. The SMILES string of the molecule is Cc1ccc(-c2cc(C(=O)NCCCCCCNC(=O)c3cc(-c4ccc(C)o4)nc4ccccc34)c3ccccc3n2)o1. The van der Waals surface area contributed by atoms with Crippen LogP contribution < -0.4 is 10.6 Å². The maximum atomic E-state index is 13.2. The number of nitrogens with zero attached hydrogens (tertiary/aromatic N) is 2. The molecule has 0 aliphatic carbocycles. The Morgan fingerprint density at radius 3 is 1.43 bits per heavy atom. The number of nitrogens with one attached hydrogen (secondary N) is 2. The van der Waals surface area contributed by atoms with Crippen molar-refractivity contribution < 1.29 is 18.4 Å². The maximum Gasteiger partial charge on any atom is 0.252 e. The molecular formula is C36H34N4O4. The minimum atomic E-state index is -0.131. The standard InChI is InChI=1S/C36H34N4O4/c1-23-15-17-33(43-23)31-21-27(25-11-5-7-13-29(25)39-31)35(41)37-19-9-3-4-10-20-38-36(42)28-22-32(34-18-16-24(2)44-34)40-30-14-8-6-12-26(28)30/h5-8,11-18,21-22H,3-4,9-10,19-20H2,1-2H3,(H,37,41)(H,38,42). The third kappa shape index (κ3) is 6.39. The molecule has 0 unspecified atom stereocenters. The molecule has 0 fully saturated rings. The fourth-order valence-corrected chi connectivity index (χ4v) is 5.32. The van der Waals surface area contributed by atoms with E-state index in [4.69, 9.17) is 18.8 Å². The summed E-state index contributed by atoms with van der Waals surface area (Å²) >= 11 is 0. The minimum absolute atomic E-state index is 0.131. The molecule has 2 amide bonds. The zero-order valence-corrected chi connectivity index (χ0v) is 24.9. The van der Waals surface area contributed by atoms with Gasteiger partial charge in [-0.05, 0) is 75.2 Å². The van der Waals surface area contributed by atoms with E-state index in [2.05, 4.69) is 10.6 Å². The van der Waals surface area contributed by atoms with Gasteiger partial charge in [0, 0.05) is 23.9 Å². The van der Waals surface area contributed by atoms with Crippen molar-refractivity contribution >= 4 is 33.6 Å². The molecule has 2 N–H and O–H groups in total. The zero-order valence-electron chi connectivity index (χ0n) is 24.9. The molecule has 0 saturated carbocycles. The smallest absolute Gasteiger partial charge is 0.252 e. The molecule has 8 heteroatoms. The lowest BCUT2D eigenvalue weighted by Crippen LogP contribution is -2.25.